The Morgan fingerprint density at radius 1 is 1.23 bits per heavy atom. The number of benzene rings is 1. The average molecular weight is 417 g/mol. The lowest BCUT2D eigenvalue weighted by atomic mass is 9.75. The number of carbonyl (C=O) groups excluding carboxylic acids is 2. The van der Waals surface area contributed by atoms with Crippen LogP contribution in [-0.2, 0) is 4.79 Å². The van der Waals surface area contributed by atoms with E-state index in [4.69, 9.17) is 14.6 Å². The van der Waals surface area contributed by atoms with Crippen molar-refractivity contribution in [3.8, 4) is 11.5 Å². The van der Waals surface area contributed by atoms with E-state index < -0.39 is 0 Å². The number of carbonyl (C=O) groups is 2. The molecule has 1 spiro atoms. The van der Waals surface area contributed by atoms with Gasteiger partial charge in [-0.25, -0.2) is 0 Å². The first kappa shape index (κ1) is 21.1. The number of rotatable bonds is 5. The number of hydrogen-bond donors (Lipinski definition) is 1. The van der Waals surface area contributed by atoms with E-state index in [0.717, 1.165) is 38.8 Å². The molecule has 1 amide bonds. The quantitative estimate of drug-likeness (QED) is 0.792. The molecule has 3 aliphatic rings. The number of fused-ring (bicyclic) bond motifs is 1. The third-order valence-electron chi connectivity index (χ3n) is 6.75. The van der Waals surface area contributed by atoms with Crippen LogP contribution in [0.5, 0.6) is 11.5 Å². The van der Waals surface area contributed by atoms with Gasteiger partial charge in [-0.05, 0) is 43.7 Å². The Morgan fingerprint density at radius 3 is 2.67 bits per heavy atom. The molecule has 1 saturated heterocycles. The minimum absolute atomic E-state index is 0.0324. The Balaban J connectivity index is 1.35. The molecule has 7 heteroatoms. The van der Waals surface area contributed by atoms with Crippen LogP contribution < -0.4 is 9.47 Å². The summed E-state index contributed by atoms with van der Waals surface area (Å²) in [7, 11) is 0. The monoisotopic (exact) mass is 416 g/mol. The van der Waals surface area contributed by atoms with Crippen molar-refractivity contribution in [1.82, 2.24) is 9.80 Å². The van der Waals surface area contributed by atoms with Crippen molar-refractivity contribution in [2.75, 3.05) is 45.9 Å². The zero-order valence-electron chi connectivity index (χ0n) is 17.8. The number of amides is 1. The minimum atomic E-state index is -0.376. The Labute approximate surface area is 177 Å². The summed E-state index contributed by atoms with van der Waals surface area (Å²) in [6, 6.07) is 5.26. The van der Waals surface area contributed by atoms with Crippen molar-refractivity contribution in [1.29, 1.82) is 0 Å². The molecule has 30 heavy (non-hydrogen) atoms. The Morgan fingerprint density at radius 2 is 1.97 bits per heavy atom. The third-order valence-corrected chi connectivity index (χ3v) is 6.75. The van der Waals surface area contributed by atoms with Gasteiger partial charge in [0.15, 0.2) is 12.4 Å². The van der Waals surface area contributed by atoms with E-state index in [1.807, 2.05) is 0 Å². The zero-order valence-corrected chi connectivity index (χ0v) is 17.8. The van der Waals surface area contributed by atoms with Crippen LogP contribution in [0.25, 0.3) is 0 Å². The van der Waals surface area contributed by atoms with Gasteiger partial charge in [-0.1, -0.05) is 6.92 Å². The number of hydrogen-bond acceptors (Lipinski definition) is 6. The molecule has 0 bridgehead atoms. The molecule has 2 fully saturated rings. The van der Waals surface area contributed by atoms with Crippen LogP contribution in [-0.4, -0.2) is 78.1 Å². The molecule has 1 saturated carbocycles. The van der Waals surface area contributed by atoms with Gasteiger partial charge in [0.05, 0.1) is 18.6 Å². The number of Topliss-reactive ketones (excluding diaryl/α,β-unsaturated/α-hetero) is 1. The maximum absolute atomic E-state index is 12.7. The fraction of sp³-hybridized carbons (Fsp3) is 0.652. The van der Waals surface area contributed by atoms with Gasteiger partial charge in [0.1, 0.15) is 17.1 Å². The highest BCUT2D eigenvalue weighted by molar-refractivity contribution is 6.00. The zero-order chi connectivity index (χ0) is 21.1. The molecule has 2 aliphatic heterocycles. The number of ketones is 1. The fourth-order valence-electron chi connectivity index (χ4n) is 4.73. The summed E-state index contributed by atoms with van der Waals surface area (Å²) in [5.41, 5.74) is 0.233. The van der Waals surface area contributed by atoms with Crippen molar-refractivity contribution < 1.29 is 24.2 Å². The van der Waals surface area contributed by atoms with Gasteiger partial charge in [-0.15, -0.1) is 0 Å². The van der Waals surface area contributed by atoms with Gasteiger partial charge in [0.2, 0.25) is 0 Å². The molecule has 2 heterocycles. The summed E-state index contributed by atoms with van der Waals surface area (Å²) in [5.74, 6) is 1.90. The van der Waals surface area contributed by atoms with Crippen LogP contribution in [0, 0.1) is 5.92 Å². The van der Waals surface area contributed by atoms with E-state index in [1.54, 1.807) is 23.1 Å². The van der Waals surface area contributed by atoms with Crippen LogP contribution in [0.15, 0.2) is 18.2 Å². The first-order valence-electron chi connectivity index (χ1n) is 11.1. The van der Waals surface area contributed by atoms with E-state index in [1.165, 1.54) is 0 Å². The highest BCUT2D eigenvalue weighted by Crippen LogP contribution is 2.44. The number of nitrogens with zero attached hydrogens (tertiary/aromatic N) is 2. The molecule has 1 aliphatic carbocycles. The molecule has 164 valence electrons. The molecule has 1 N–H and O–H groups in total. The lowest BCUT2D eigenvalue weighted by molar-refractivity contribution is -0.135. The first-order valence-corrected chi connectivity index (χ1v) is 11.1. The van der Waals surface area contributed by atoms with E-state index in [9.17, 15) is 9.59 Å². The number of ether oxygens (including phenoxy) is 2. The SMILES string of the molecule is CC1CCC2(CC1)CC(=O)c1ccc(OCC(=O)N3CCN(CCO)CC3)cc1O2. The predicted octanol–water partition coefficient (Wildman–Crippen LogP) is 2.12. The molecule has 1 aromatic rings. The smallest absolute Gasteiger partial charge is 0.260 e. The summed E-state index contributed by atoms with van der Waals surface area (Å²) < 4.78 is 12.1. The topological polar surface area (TPSA) is 79.3 Å². The normalized spacial score (nSPS) is 26.9. The van der Waals surface area contributed by atoms with Crippen molar-refractivity contribution in [3.63, 3.8) is 0 Å². The molecule has 0 unspecified atom stereocenters. The second kappa shape index (κ2) is 8.94. The van der Waals surface area contributed by atoms with E-state index in [-0.39, 0.29) is 30.5 Å². The summed E-state index contributed by atoms with van der Waals surface area (Å²) in [6.07, 6.45) is 4.43. The van der Waals surface area contributed by atoms with Crippen molar-refractivity contribution in [2.45, 2.75) is 44.6 Å². The fourth-order valence-corrected chi connectivity index (χ4v) is 4.73. The largest absolute Gasteiger partial charge is 0.486 e. The molecular formula is C23H32N2O5. The maximum Gasteiger partial charge on any atom is 0.260 e. The molecular weight excluding hydrogens is 384 g/mol. The maximum atomic E-state index is 12.7. The standard InChI is InChI=1S/C23H32N2O5/c1-17-4-6-23(7-5-17)15-20(27)19-3-2-18(14-21(19)30-23)29-16-22(28)25-10-8-24(9-11-25)12-13-26/h2-3,14,17,26H,4-13,15-16H2,1H3. The van der Waals surface area contributed by atoms with Crippen molar-refractivity contribution >= 4 is 11.7 Å². The summed E-state index contributed by atoms with van der Waals surface area (Å²) in [4.78, 5) is 29.1. The molecule has 4 rings (SSSR count). The first-order chi connectivity index (χ1) is 14.5. The van der Waals surface area contributed by atoms with Crippen LogP contribution in [0.1, 0.15) is 49.4 Å². The summed E-state index contributed by atoms with van der Waals surface area (Å²) >= 11 is 0. The molecule has 7 nitrogen and oxygen atoms in total. The van der Waals surface area contributed by atoms with Gasteiger partial charge < -0.3 is 19.5 Å². The van der Waals surface area contributed by atoms with E-state index >= 15 is 0 Å². The van der Waals surface area contributed by atoms with E-state index in [0.29, 0.717) is 49.0 Å². The average Bonchev–Trinajstić information content (AvgIpc) is 2.75. The second-order valence-electron chi connectivity index (χ2n) is 8.96. The predicted molar refractivity (Wildman–Crippen MR) is 112 cm³/mol. The Kier molecular flexibility index (Phi) is 6.29. The van der Waals surface area contributed by atoms with Crippen LogP contribution in [0.2, 0.25) is 0 Å². The Hall–Kier alpha value is -2.12. The lowest BCUT2D eigenvalue weighted by Gasteiger charge is -2.42. The highest BCUT2D eigenvalue weighted by atomic mass is 16.5. The second-order valence-corrected chi connectivity index (χ2v) is 8.96. The molecule has 0 aromatic heterocycles. The Bertz CT molecular complexity index is 780. The molecule has 0 radical (unpaired) electrons. The molecule has 0 atom stereocenters. The van der Waals surface area contributed by atoms with Gasteiger partial charge in [-0.3, -0.25) is 14.5 Å². The van der Waals surface area contributed by atoms with Gasteiger partial charge in [-0.2, -0.15) is 0 Å². The third kappa shape index (κ3) is 4.62. The van der Waals surface area contributed by atoms with Crippen LogP contribution >= 0.6 is 0 Å². The van der Waals surface area contributed by atoms with Gasteiger partial charge >= 0.3 is 0 Å². The van der Waals surface area contributed by atoms with Crippen LogP contribution in [0.4, 0.5) is 0 Å². The number of β-amino-alcohol motifs (C(OH)–C–C–N with tert-alkyl or cyclic N) is 1. The van der Waals surface area contributed by atoms with Crippen molar-refractivity contribution in [3.05, 3.63) is 23.8 Å². The minimum Gasteiger partial charge on any atom is -0.486 e. The summed E-state index contributed by atoms with van der Waals surface area (Å²) in [5, 5.41) is 9.02. The number of piperazine rings is 1. The number of aliphatic hydroxyl groups is 1. The van der Waals surface area contributed by atoms with Gasteiger partial charge in [0.25, 0.3) is 5.91 Å². The lowest BCUT2D eigenvalue weighted by Crippen LogP contribution is -2.50. The van der Waals surface area contributed by atoms with Crippen LogP contribution in [0.3, 0.4) is 0 Å². The van der Waals surface area contributed by atoms with Gasteiger partial charge in [0, 0.05) is 38.8 Å². The van der Waals surface area contributed by atoms with Crippen molar-refractivity contribution in [2.24, 2.45) is 5.92 Å². The molecule has 1 aromatic carbocycles. The van der Waals surface area contributed by atoms with E-state index in [2.05, 4.69) is 11.8 Å². The number of aliphatic hydroxyl groups excluding tert-OH is 1. The summed E-state index contributed by atoms with van der Waals surface area (Å²) in [6.45, 7) is 5.82. The highest BCUT2D eigenvalue weighted by Gasteiger charge is 2.42.